The van der Waals surface area contributed by atoms with Gasteiger partial charge in [0.25, 0.3) is 0 Å². The molecule has 0 radical (unpaired) electrons. The standard InChI is InChI=1S/C34H48N2O2/c1-4-6-7-8-10-13-25-38-33-26-35-34(36-27-33)31-18-16-29(17-19-31)30-20-22-32(23-21-30)37-24-14-11-9-12-15-28(3)5-2/h16-23,26-28H,4-15,24-25H2,1-3H3. The lowest BCUT2D eigenvalue weighted by atomic mass is 10.0. The van der Waals surface area contributed by atoms with Gasteiger partial charge < -0.3 is 9.47 Å². The zero-order valence-electron chi connectivity index (χ0n) is 24.0. The Bertz CT molecular complexity index is 1000. The van der Waals surface area contributed by atoms with E-state index in [1.165, 1.54) is 75.3 Å². The van der Waals surface area contributed by atoms with Crippen molar-refractivity contribution in [3.63, 3.8) is 0 Å². The molecule has 0 aliphatic carbocycles. The topological polar surface area (TPSA) is 44.2 Å². The number of unbranched alkanes of at least 4 members (excludes halogenated alkanes) is 8. The second kappa shape index (κ2) is 17.6. The van der Waals surface area contributed by atoms with Crippen LogP contribution in [-0.2, 0) is 0 Å². The number of rotatable bonds is 19. The number of hydrogen-bond acceptors (Lipinski definition) is 4. The van der Waals surface area contributed by atoms with Crippen molar-refractivity contribution in [3.05, 3.63) is 60.9 Å². The van der Waals surface area contributed by atoms with Gasteiger partial charge in [-0.25, -0.2) is 9.97 Å². The maximum absolute atomic E-state index is 5.96. The van der Waals surface area contributed by atoms with Crippen LogP contribution in [0.15, 0.2) is 60.9 Å². The highest BCUT2D eigenvalue weighted by atomic mass is 16.5. The molecule has 3 aromatic rings. The van der Waals surface area contributed by atoms with Crippen LogP contribution in [0.4, 0.5) is 0 Å². The quantitative estimate of drug-likeness (QED) is 0.149. The highest BCUT2D eigenvalue weighted by Gasteiger charge is 2.05. The summed E-state index contributed by atoms with van der Waals surface area (Å²) in [5, 5.41) is 0. The predicted molar refractivity (Wildman–Crippen MR) is 160 cm³/mol. The van der Waals surface area contributed by atoms with E-state index in [1.54, 1.807) is 12.4 Å². The molecule has 0 saturated heterocycles. The van der Waals surface area contributed by atoms with E-state index in [-0.39, 0.29) is 0 Å². The molecule has 2 aromatic carbocycles. The van der Waals surface area contributed by atoms with Gasteiger partial charge in [0.05, 0.1) is 25.6 Å². The summed E-state index contributed by atoms with van der Waals surface area (Å²) in [7, 11) is 0. The highest BCUT2D eigenvalue weighted by Crippen LogP contribution is 2.25. The van der Waals surface area contributed by atoms with Crippen LogP contribution < -0.4 is 9.47 Å². The van der Waals surface area contributed by atoms with Crippen LogP contribution in [0.1, 0.15) is 97.8 Å². The van der Waals surface area contributed by atoms with Crippen molar-refractivity contribution < 1.29 is 9.47 Å². The van der Waals surface area contributed by atoms with Crippen molar-refractivity contribution >= 4 is 0 Å². The molecule has 3 rings (SSSR count). The Hall–Kier alpha value is -2.88. The van der Waals surface area contributed by atoms with Gasteiger partial charge in [0.1, 0.15) is 5.75 Å². The van der Waals surface area contributed by atoms with Crippen LogP contribution in [0.25, 0.3) is 22.5 Å². The number of hydrogen-bond donors (Lipinski definition) is 0. The predicted octanol–water partition coefficient (Wildman–Crippen LogP) is 9.93. The molecule has 0 saturated carbocycles. The van der Waals surface area contributed by atoms with Crippen LogP contribution in [-0.4, -0.2) is 23.2 Å². The lowest BCUT2D eigenvalue weighted by molar-refractivity contribution is 0.302. The Morgan fingerprint density at radius 3 is 1.68 bits per heavy atom. The van der Waals surface area contributed by atoms with Gasteiger partial charge in [-0.05, 0) is 42.0 Å². The molecular formula is C34H48N2O2. The van der Waals surface area contributed by atoms with Crippen molar-refractivity contribution in [1.82, 2.24) is 9.97 Å². The summed E-state index contributed by atoms with van der Waals surface area (Å²) in [5.74, 6) is 3.26. The monoisotopic (exact) mass is 516 g/mol. The smallest absolute Gasteiger partial charge is 0.159 e. The zero-order valence-corrected chi connectivity index (χ0v) is 24.0. The highest BCUT2D eigenvalue weighted by molar-refractivity contribution is 5.68. The van der Waals surface area contributed by atoms with E-state index in [0.717, 1.165) is 49.0 Å². The minimum atomic E-state index is 0.715. The fraction of sp³-hybridized carbons (Fsp3) is 0.529. The van der Waals surface area contributed by atoms with E-state index in [2.05, 4.69) is 79.3 Å². The number of ether oxygens (including phenoxy) is 2. The molecule has 0 amide bonds. The van der Waals surface area contributed by atoms with Gasteiger partial charge in [-0.3, -0.25) is 0 Å². The molecule has 0 fully saturated rings. The van der Waals surface area contributed by atoms with Gasteiger partial charge in [0.15, 0.2) is 11.6 Å². The first-order chi connectivity index (χ1) is 18.7. The van der Waals surface area contributed by atoms with Crippen LogP contribution in [0.5, 0.6) is 11.5 Å². The largest absolute Gasteiger partial charge is 0.494 e. The average molecular weight is 517 g/mol. The van der Waals surface area contributed by atoms with Gasteiger partial charge in [-0.2, -0.15) is 0 Å². The van der Waals surface area contributed by atoms with E-state index in [0.29, 0.717) is 5.82 Å². The molecule has 4 heteroatoms. The lowest BCUT2D eigenvalue weighted by Gasteiger charge is -2.09. The molecule has 1 heterocycles. The Kier molecular flexibility index (Phi) is 13.7. The van der Waals surface area contributed by atoms with Crippen molar-refractivity contribution in [1.29, 1.82) is 0 Å². The average Bonchev–Trinajstić information content (AvgIpc) is 2.97. The van der Waals surface area contributed by atoms with Crippen LogP contribution >= 0.6 is 0 Å². The van der Waals surface area contributed by atoms with Crippen molar-refractivity contribution in [2.24, 2.45) is 5.92 Å². The molecule has 1 aromatic heterocycles. The van der Waals surface area contributed by atoms with Crippen molar-refractivity contribution in [3.8, 4) is 34.0 Å². The Labute approximate surface area is 231 Å². The molecule has 0 bridgehead atoms. The fourth-order valence-electron chi connectivity index (χ4n) is 4.51. The van der Waals surface area contributed by atoms with Gasteiger partial charge in [-0.15, -0.1) is 0 Å². The fourth-order valence-corrected chi connectivity index (χ4v) is 4.51. The minimum absolute atomic E-state index is 0.715. The molecule has 0 aliphatic heterocycles. The third-order valence-corrected chi connectivity index (χ3v) is 7.28. The molecule has 0 aliphatic rings. The first-order valence-electron chi connectivity index (χ1n) is 15.0. The van der Waals surface area contributed by atoms with E-state index >= 15 is 0 Å². The normalized spacial score (nSPS) is 11.9. The van der Waals surface area contributed by atoms with Crippen LogP contribution in [0.3, 0.4) is 0 Å². The van der Waals surface area contributed by atoms with Crippen LogP contribution in [0, 0.1) is 5.92 Å². The summed E-state index contributed by atoms with van der Waals surface area (Å²) >= 11 is 0. The third kappa shape index (κ3) is 10.8. The minimum Gasteiger partial charge on any atom is -0.494 e. The summed E-state index contributed by atoms with van der Waals surface area (Å²) in [4.78, 5) is 9.03. The molecule has 206 valence electrons. The molecule has 0 spiro atoms. The van der Waals surface area contributed by atoms with Crippen LogP contribution in [0.2, 0.25) is 0 Å². The first-order valence-corrected chi connectivity index (χ1v) is 15.0. The molecule has 1 atom stereocenters. The maximum atomic E-state index is 5.96. The van der Waals surface area contributed by atoms with Gasteiger partial charge in [0, 0.05) is 5.56 Å². The number of nitrogens with zero attached hydrogens (tertiary/aromatic N) is 2. The second-order valence-electron chi connectivity index (χ2n) is 10.5. The Balaban J connectivity index is 1.38. The number of aromatic nitrogens is 2. The molecule has 38 heavy (non-hydrogen) atoms. The number of benzene rings is 2. The SMILES string of the molecule is CCCCCCCCOc1cnc(-c2ccc(-c3ccc(OCCCCCCC(C)CC)cc3)cc2)nc1. The molecular weight excluding hydrogens is 468 g/mol. The maximum Gasteiger partial charge on any atom is 0.159 e. The molecule has 1 unspecified atom stereocenters. The van der Waals surface area contributed by atoms with Gasteiger partial charge in [-0.1, -0.05) is 121 Å². The van der Waals surface area contributed by atoms with E-state index < -0.39 is 0 Å². The van der Waals surface area contributed by atoms with E-state index in [9.17, 15) is 0 Å². The summed E-state index contributed by atoms with van der Waals surface area (Å²) in [6.07, 6.45) is 18.8. The molecule has 4 nitrogen and oxygen atoms in total. The lowest BCUT2D eigenvalue weighted by Crippen LogP contribution is -1.99. The summed E-state index contributed by atoms with van der Waals surface area (Å²) < 4.78 is 11.8. The Morgan fingerprint density at radius 2 is 1.08 bits per heavy atom. The molecule has 0 N–H and O–H groups in total. The Morgan fingerprint density at radius 1 is 0.579 bits per heavy atom. The summed E-state index contributed by atoms with van der Waals surface area (Å²) in [5.41, 5.74) is 3.34. The second-order valence-corrected chi connectivity index (χ2v) is 10.5. The van der Waals surface area contributed by atoms with Gasteiger partial charge >= 0.3 is 0 Å². The first kappa shape index (κ1) is 29.7. The summed E-state index contributed by atoms with van der Waals surface area (Å²) in [6, 6.07) is 16.8. The zero-order chi connectivity index (χ0) is 26.8. The van der Waals surface area contributed by atoms with Crippen molar-refractivity contribution in [2.45, 2.75) is 97.8 Å². The summed E-state index contributed by atoms with van der Waals surface area (Å²) in [6.45, 7) is 8.39. The third-order valence-electron chi connectivity index (χ3n) is 7.28. The van der Waals surface area contributed by atoms with Gasteiger partial charge in [0.2, 0.25) is 0 Å². The van der Waals surface area contributed by atoms with Crippen molar-refractivity contribution in [2.75, 3.05) is 13.2 Å². The van der Waals surface area contributed by atoms with E-state index in [1.807, 2.05) is 0 Å². The van der Waals surface area contributed by atoms with E-state index in [4.69, 9.17) is 9.47 Å².